The molecule has 0 saturated heterocycles. The molecular weight excluding hydrogens is 442 g/mol. The first-order valence-electron chi connectivity index (χ1n) is 12.8. The molecule has 1 saturated carbocycles. The topological polar surface area (TPSA) is 66.4 Å². The first-order valence-corrected chi connectivity index (χ1v) is 13.6. The first kappa shape index (κ1) is 26.3. The number of aryl methyl sites for hydroxylation is 1. The molecule has 2 N–H and O–H groups in total. The van der Waals surface area contributed by atoms with Crippen LogP contribution in [0.4, 0.5) is 5.69 Å². The van der Waals surface area contributed by atoms with Crippen molar-refractivity contribution in [3.8, 4) is 5.75 Å². The van der Waals surface area contributed by atoms with Crippen molar-refractivity contribution in [2.75, 3.05) is 5.32 Å². The number of phenols is 1. The Morgan fingerprint density at radius 1 is 1.09 bits per heavy atom. The molecule has 0 heterocycles. The van der Waals surface area contributed by atoms with Crippen molar-refractivity contribution in [3.63, 3.8) is 0 Å². The zero-order chi connectivity index (χ0) is 24.6. The summed E-state index contributed by atoms with van der Waals surface area (Å²) in [7, 11) is 0. The summed E-state index contributed by atoms with van der Waals surface area (Å²) in [6.45, 7) is 6.53. The zero-order valence-corrected chi connectivity index (χ0v) is 21.7. The Morgan fingerprint density at radius 3 is 2.53 bits per heavy atom. The molecule has 184 valence electrons. The van der Waals surface area contributed by atoms with Gasteiger partial charge < -0.3 is 10.4 Å². The van der Waals surface area contributed by atoms with Crippen molar-refractivity contribution >= 4 is 28.5 Å². The van der Waals surface area contributed by atoms with E-state index >= 15 is 0 Å². The van der Waals surface area contributed by atoms with E-state index in [0.717, 1.165) is 80.0 Å². The Hall–Kier alpha value is -2.27. The number of carbonyl (C=O) groups is 2. The van der Waals surface area contributed by atoms with Gasteiger partial charge in [0.1, 0.15) is 5.75 Å². The second-order valence-corrected chi connectivity index (χ2v) is 11.1. The van der Waals surface area contributed by atoms with Gasteiger partial charge in [0.25, 0.3) is 0 Å². The molecule has 1 aliphatic rings. The molecule has 5 heteroatoms. The highest BCUT2D eigenvalue weighted by Crippen LogP contribution is 2.43. The number of anilines is 1. The lowest BCUT2D eigenvalue weighted by molar-refractivity contribution is -0.128. The fourth-order valence-corrected chi connectivity index (χ4v) is 5.56. The van der Waals surface area contributed by atoms with Crippen molar-refractivity contribution in [3.05, 3.63) is 53.6 Å². The van der Waals surface area contributed by atoms with Crippen LogP contribution < -0.4 is 5.32 Å². The van der Waals surface area contributed by atoms with Crippen molar-refractivity contribution in [1.29, 1.82) is 0 Å². The third-order valence-electron chi connectivity index (χ3n) is 6.95. The summed E-state index contributed by atoms with van der Waals surface area (Å²) in [6, 6.07) is 12.6. The maximum Gasteiger partial charge on any atom is 0.230 e. The summed E-state index contributed by atoms with van der Waals surface area (Å²) >= 11 is 1.13. The van der Waals surface area contributed by atoms with Gasteiger partial charge in [-0.2, -0.15) is 0 Å². The molecule has 0 aliphatic heterocycles. The summed E-state index contributed by atoms with van der Waals surface area (Å²) < 4.78 is 0. The van der Waals surface area contributed by atoms with Crippen LogP contribution in [0.25, 0.3) is 0 Å². The highest BCUT2D eigenvalue weighted by Gasteiger charge is 2.39. The smallest absolute Gasteiger partial charge is 0.230 e. The van der Waals surface area contributed by atoms with Crippen molar-refractivity contribution in [2.45, 2.75) is 89.9 Å². The van der Waals surface area contributed by atoms with E-state index in [4.69, 9.17) is 0 Å². The standard InChI is InChI=1S/C29H39NO3S/c1-4-5-11-22-20-23(14-15-25(22)31)27(32)34-26-13-8-7-12-24(26)30-28(33)29(19-16-21(2)3)17-9-6-10-18-29/h7-8,12-15,20-21,31H,4-6,9-11,16-19H2,1-3H3,(H,30,33). The number of aromatic hydroxyl groups is 1. The number of unbranched alkanes of at least 4 members (excludes halogenated alkanes) is 1. The lowest BCUT2D eigenvalue weighted by atomic mass is 9.69. The number of amides is 1. The number of phenolic OH excluding ortho intramolecular Hbond substituents is 1. The first-order chi connectivity index (χ1) is 16.3. The van der Waals surface area contributed by atoms with Gasteiger partial charge in [0, 0.05) is 15.9 Å². The van der Waals surface area contributed by atoms with E-state index in [0.29, 0.717) is 17.2 Å². The number of hydrogen-bond acceptors (Lipinski definition) is 4. The van der Waals surface area contributed by atoms with E-state index in [9.17, 15) is 14.7 Å². The van der Waals surface area contributed by atoms with Gasteiger partial charge in [0.05, 0.1) is 5.69 Å². The summed E-state index contributed by atoms with van der Waals surface area (Å²) in [4.78, 5) is 27.4. The normalized spacial score (nSPS) is 15.3. The third-order valence-corrected chi connectivity index (χ3v) is 7.94. The molecule has 2 aromatic carbocycles. The van der Waals surface area contributed by atoms with Crippen LogP contribution in [-0.4, -0.2) is 16.1 Å². The van der Waals surface area contributed by atoms with Gasteiger partial charge in [-0.25, -0.2) is 0 Å². The van der Waals surface area contributed by atoms with Crippen molar-refractivity contribution < 1.29 is 14.7 Å². The number of rotatable bonds is 10. The van der Waals surface area contributed by atoms with Gasteiger partial charge in [0.15, 0.2) is 0 Å². The van der Waals surface area contributed by atoms with Gasteiger partial charge in [-0.15, -0.1) is 0 Å². The van der Waals surface area contributed by atoms with Crippen LogP contribution in [0.2, 0.25) is 0 Å². The number of nitrogens with one attached hydrogen (secondary N) is 1. The number of carbonyl (C=O) groups excluding carboxylic acids is 2. The average molecular weight is 482 g/mol. The highest BCUT2D eigenvalue weighted by molar-refractivity contribution is 8.14. The van der Waals surface area contributed by atoms with E-state index < -0.39 is 0 Å². The number of thioether (sulfide) groups is 1. The quantitative estimate of drug-likeness (QED) is 0.337. The third kappa shape index (κ3) is 6.88. The van der Waals surface area contributed by atoms with E-state index in [2.05, 4.69) is 26.1 Å². The van der Waals surface area contributed by atoms with Crippen molar-refractivity contribution in [1.82, 2.24) is 0 Å². The molecule has 0 bridgehead atoms. The van der Waals surface area contributed by atoms with Crippen LogP contribution in [0.3, 0.4) is 0 Å². The van der Waals surface area contributed by atoms with Gasteiger partial charge >= 0.3 is 0 Å². The van der Waals surface area contributed by atoms with E-state index in [-0.39, 0.29) is 22.2 Å². The summed E-state index contributed by atoms with van der Waals surface area (Å²) in [5.41, 5.74) is 1.76. The Morgan fingerprint density at radius 2 is 1.82 bits per heavy atom. The minimum Gasteiger partial charge on any atom is -0.508 e. The number of hydrogen-bond donors (Lipinski definition) is 2. The Labute approximate surface area is 208 Å². The van der Waals surface area contributed by atoms with Crippen LogP contribution in [-0.2, 0) is 11.2 Å². The Kier molecular flexibility index (Phi) is 9.63. The molecule has 1 amide bonds. The molecule has 0 aromatic heterocycles. The summed E-state index contributed by atoms with van der Waals surface area (Å²) in [6.07, 6.45) is 9.97. The monoisotopic (exact) mass is 481 g/mol. The lowest BCUT2D eigenvalue weighted by Crippen LogP contribution is -2.38. The minimum absolute atomic E-state index is 0.0911. The van der Waals surface area contributed by atoms with E-state index in [1.165, 1.54) is 6.42 Å². The fraction of sp³-hybridized carbons (Fsp3) is 0.517. The van der Waals surface area contributed by atoms with Crippen LogP contribution in [0.15, 0.2) is 47.4 Å². The molecule has 0 unspecified atom stereocenters. The second-order valence-electron chi connectivity index (χ2n) is 10.1. The average Bonchev–Trinajstić information content (AvgIpc) is 2.84. The predicted octanol–water partition coefficient (Wildman–Crippen LogP) is 7.99. The van der Waals surface area contributed by atoms with Crippen LogP contribution in [0, 0.1) is 11.3 Å². The molecular formula is C29H39NO3S. The van der Waals surface area contributed by atoms with Gasteiger partial charge in [-0.3, -0.25) is 9.59 Å². The maximum atomic E-state index is 13.6. The molecule has 1 aliphatic carbocycles. The fourth-order valence-electron chi connectivity index (χ4n) is 4.74. The largest absolute Gasteiger partial charge is 0.508 e. The summed E-state index contributed by atoms with van der Waals surface area (Å²) in [5, 5.41) is 13.2. The molecule has 34 heavy (non-hydrogen) atoms. The molecule has 4 nitrogen and oxygen atoms in total. The van der Waals surface area contributed by atoms with E-state index in [1.807, 2.05) is 24.3 Å². The molecule has 0 atom stereocenters. The van der Waals surface area contributed by atoms with E-state index in [1.54, 1.807) is 18.2 Å². The highest BCUT2D eigenvalue weighted by atomic mass is 32.2. The van der Waals surface area contributed by atoms with Gasteiger partial charge in [-0.05, 0) is 92.1 Å². The second kappa shape index (κ2) is 12.4. The Bertz CT molecular complexity index is 979. The number of benzene rings is 2. The number of para-hydroxylation sites is 1. The molecule has 0 radical (unpaired) electrons. The SMILES string of the molecule is CCCCc1cc(C(=O)Sc2ccccc2NC(=O)C2(CCC(C)C)CCCCC2)ccc1O. The summed E-state index contributed by atoms with van der Waals surface area (Å²) in [5.74, 6) is 0.904. The van der Waals surface area contributed by atoms with Gasteiger partial charge in [-0.1, -0.05) is 58.6 Å². The molecule has 2 aromatic rings. The predicted molar refractivity (Wildman–Crippen MR) is 142 cm³/mol. The lowest BCUT2D eigenvalue weighted by Gasteiger charge is -2.36. The zero-order valence-electron chi connectivity index (χ0n) is 20.9. The maximum absolute atomic E-state index is 13.6. The van der Waals surface area contributed by atoms with Crippen LogP contribution in [0.1, 0.15) is 94.5 Å². The van der Waals surface area contributed by atoms with Crippen LogP contribution in [0.5, 0.6) is 5.75 Å². The molecule has 0 spiro atoms. The minimum atomic E-state index is -0.310. The van der Waals surface area contributed by atoms with Crippen molar-refractivity contribution in [2.24, 2.45) is 11.3 Å². The Balaban J connectivity index is 1.76. The van der Waals surface area contributed by atoms with Crippen LogP contribution >= 0.6 is 11.8 Å². The molecule has 1 fully saturated rings. The van der Waals surface area contributed by atoms with Gasteiger partial charge in [0.2, 0.25) is 11.0 Å². The molecule has 3 rings (SSSR count).